The van der Waals surface area contributed by atoms with Crippen LogP contribution >= 0.6 is 11.6 Å². The zero-order valence-electron chi connectivity index (χ0n) is 9.74. The number of hydrogen-bond acceptors (Lipinski definition) is 5. The zero-order chi connectivity index (χ0) is 12.3. The Morgan fingerprint density at radius 1 is 1.50 bits per heavy atom. The number of halogens is 1. The SMILES string of the molecule is CCN(CC(C)(C)O)c1cc(Cl)nc(N)n1. The summed E-state index contributed by atoms with van der Waals surface area (Å²) < 4.78 is 0. The van der Waals surface area contributed by atoms with Gasteiger partial charge in [-0.2, -0.15) is 4.98 Å². The molecule has 0 unspecified atom stereocenters. The molecule has 0 aromatic carbocycles. The normalized spacial score (nSPS) is 11.6. The Labute approximate surface area is 100 Å². The number of nitrogens with zero attached hydrogens (tertiary/aromatic N) is 3. The van der Waals surface area contributed by atoms with E-state index in [0.29, 0.717) is 24.1 Å². The average Bonchev–Trinajstić information content (AvgIpc) is 2.11. The summed E-state index contributed by atoms with van der Waals surface area (Å²) in [6.07, 6.45) is 0. The minimum absolute atomic E-state index is 0.136. The average molecular weight is 245 g/mol. The van der Waals surface area contributed by atoms with Crippen molar-refractivity contribution in [3.05, 3.63) is 11.2 Å². The van der Waals surface area contributed by atoms with Crippen LogP contribution in [0.5, 0.6) is 0 Å². The smallest absolute Gasteiger partial charge is 0.223 e. The summed E-state index contributed by atoms with van der Waals surface area (Å²) in [6, 6.07) is 1.63. The summed E-state index contributed by atoms with van der Waals surface area (Å²) >= 11 is 5.80. The van der Waals surface area contributed by atoms with Gasteiger partial charge in [0.2, 0.25) is 5.95 Å². The van der Waals surface area contributed by atoms with Gasteiger partial charge < -0.3 is 15.7 Å². The van der Waals surface area contributed by atoms with Gasteiger partial charge in [0.05, 0.1) is 5.60 Å². The fraction of sp³-hybridized carbons (Fsp3) is 0.600. The number of nitrogens with two attached hydrogens (primary N) is 1. The van der Waals surface area contributed by atoms with Crippen molar-refractivity contribution in [3.8, 4) is 0 Å². The number of aliphatic hydroxyl groups is 1. The van der Waals surface area contributed by atoms with E-state index in [0.717, 1.165) is 0 Å². The molecule has 0 saturated heterocycles. The van der Waals surface area contributed by atoms with E-state index in [1.54, 1.807) is 19.9 Å². The molecule has 1 heterocycles. The van der Waals surface area contributed by atoms with Gasteiger partial charge in [-0.25, -0.2) is 4.98 Å². The van der Waals surface area contributed by atoms with Crippen molar-refractivity contribution in [2.75, 3.05) is 23.7 Å². The third-order valence-corrected chi connectivity index (χ3v) is 2.18. The number of hydrogen-bond donors (Lipinski definition) is 2. The van der Waals surface area contributed by atoms with Gasteiger partial charge >= 0.3 is 0 Å². The maximum Gasteiger partial charge on any atom is 0.223 e. The third kappa shape index (κ3) is 3.83. The molecule has 0 fully saturated rings. The van der Waals surface area contributed by atoms with E-state index in [4.69, 9.17) is 17.3 Å². The van der Waals surface area contributed by atoms with Gasteiger partial charge in [0.15, 0.2) is 0 Å². The minimum Gasteiger partial charge on any atom is -0.389 e. The molecule has 0 bridgehead atoms. The van der Waals surface area contributed by atoms with Crippen LogP contribution in [0, 0.1) is 0 Å². The molecule has 5 nitrogen and oxygen atoms in total. The lowest BCUT2D eigenvalue weighted by Crippen LogP contribution is -2.39. The number of rotatable bonds is 4. The lowest BCUT2D eigenvalue weighted by molar-refractivity contribution is 0.0874. The van der Waals surface area contributed by atoms with Crippen molar-refractivity contribution in [1.82, 2.24) is 9.97 Å². The lowest BCUT2D eigenvalue weighted by atomic mass is 10.1. The first-order valence-corrected chi connectivity index (χ1v) is 5.47. The number of likely N-dealkylation sites (N-methyl/N-ethyl adjacent to an activating group) is 1. The van der Waals surface area contributed by atoms with Crippen LogP contribution in [0.25, 0.3) is 0 Å². The first-order chi connectivity index (χ1) is 7.31. The highest BCUT2D eigenvalue weighted by atomic mass is 35.5. The fourth-order valence-corrected chi connectivity index (χ4v) is 1.59. The molecule has 90 valence electrons. The van der Waals surface area contributed by atoms with Crippen LogP contribution in [0.2, 0.25) is 5.15 Å². The predicted octanol–water partition coefficient (Wildman–Crippen LogP) is 1.31. The third-order valence-electron chi connectivity index (χ3n) is 1.98. The molecule has 0 saturated carbocycles. The maximum atomic E-state index is 9.77. The van der Waals surface area contributed by atoms with E-state index in [-0.39, 0.29) is 5.95 Å². The first-order valence-electron chi connectivity index (χ1n) is 5.09. The van der Waals surface area contributed by atoms with Crippen LogP contribution in [-0.2, 0) is 0 Å². The second-order valence-corrected chi connectivity index (χ2v) is 4.62. The minimum atomic E-state index is -0.803. The van der Waals surface area contributed by atoms with Crippen LogP contribution in [0.15, 0.2) is 6.07 Å². The monoisotopic (exact) mass is 244 g/mol. The Balaban J connectivity index is 2.95. The van der Waals surface area contributed by atoms with Crippen molar-refractivity contribution in [3.63, 3.8) is 0 Å². The van der Waals surface area contributed by atoms with Crippen LogP contribution < -0.4 is 10.6 Å². The molecule has 16 heavy (non-hydrogen) atoms. The van der Waals surface area contributed by atoms with Crippen molar-refractivity contribution >= 4 is 23.4 Å². The van der Waals surface area contributed by atoms with E-state index in [1.165, 1.54) is 0 Å². The van der Waals surface area contributed by atoms with Crippen LogP contribution in [0.3, 0.4) is 0 Å². The highest BCUT2D eigenvalue weighted by Gasteiger charge is 2.19. The molecular weight excluding hydrogens is 228 g/mol. The largest absolute Gasteiger partial charge is 0.389 e. The molecule has 0 amide bonds. The number of anilines is 2. The van der Waals surface area contributed by atoms with Gasteiger partial charge in [0, 0.05) is 19.2 Å². The Kier molecular flexibility index (Phi) is 3.93. The number of aromatic nitrogens is 2. The molecule has 6 heteroatoms. The first kappa shape index (κ1) is 13.0. The maximum absolute atomic E-state index is 9.77. The molecule has 0 spiro atoms. The Morgan fingerprint density at radius 2 is 2.12 bits per heavy atom. The van der Waals surface area contributed by atoms with E-state index in [9.17, 15) is 5.11 Å². The van der Waals surface area contributed by atoms with Gasteiger partial charge in [0.1, 0.15) is 11.0 Å². The summed E-state index contributed by atoms with van der Waals surface area (Å²) in [5.74, 6) is 0.763. The van der Waals surface area contributed by atoms with E-state index in [1.807, 2.05) is 11.8 Å². The van der Waals surface area contributed by atoms with Crippen LogP contribution in [0.1, 0.15) is 20.8 Å². The molecule has 1 aromatic rings. The second kappa shape index (κ2) is 4.84. The molecule has 0 radical (unpaired) electrons. The second-order valence-electron chi connectivity index (χ2n) is 4.23. The highest BCUT2D eigenvalue weighted by Crippen LogP contribution is 2.18. The number of nitrogen functional groups attached to an aromatic ring is 1. The molecule has 0 atom stereocenters. The van der Waals surface area contributed by atoms with Crippen LogP contribution in [-0.4, -0.2) is 33.8 Å². The molecule has 0 aliphatic heterocycles. The van der Waals surface area contributed by atoms with Gasteiger partial charge in [-0.15, -0.1) is 0 Å². The quantitative estimate of drug-likeness (QED) is 0.781. The van der Waals surface area contributed by atoms with E-state index in [2.05, 4.69) is 9.97 Å². The summed E-state index contributed by atoms with van der Waals surface area (Å²) in [5.41, 5.74) is 4.72. The van der Waals surface area contributed by atoms with Crippen molar-refractivity contribution in [2.45, 2.75) is 26.4 Å². The van der Waals surface area contributed by atoms with Gasteiger partial charge in [-0.1, -0.05) is 11.6 Å². The Morgan fingerprint density at radius 3 is 2.56 bits per heavy atom. The van der Waals surface area contributed by atoms with Gasteiger partial charge in [-0.05, 0) is 20.8 Å². The molecule has 3 N–H and O–H groups in total. The van der Waals surface area contributed by atoms with Gasteiger partial charge in [0.25, 0.3) is 0 Å². The van der Waals surface area contributed by atoms with Gasteiger partial charge in [-0.3, -0.25) is 0 Å². The molecule has 1 aromatic heterocycles. The van der Waals surface area contributed by atoms with E-state index >= 15 is 0 Å². The van der Waals surface area contributed by atoms with Crippen molar-refractivity contribution in [2.24, 2.45) is 0 Å². The molecular formula is C10H17ClN4O. The zero-order valence-corrected chi connectivity index (χ0v) is 10.5. The summed E-state index contributed by atoms with van der Waals surface area (Å²) in [6.45, 7) is 6.61. The predicted molar refractivity (Wildman–Crippen MR) is 65.6 cm³/mol. The summed E-state index contributed by atoms with van der Waals surface area (Å²) in [5, 5.41) is 10.1. The molecule has 1 rings (SSSR count). The fourth-order valence-electron chi connectivity index (χ4n) is 1.41. The van der Waals surface area contributed by atoms with E-state index < -0.39 is 5.60 Å². The lowest BCUT2D eigenvalue weighted by Gasteiger charge is -2.29. The summed E-state index contributed by atoms with van der Waals surface area (Å²) in [7, 11) is 0. The highest BCUT2D eigenvalue weighted by molar-refractivity contribution is 6.29. The molecule has 0 aliphatic rings. The summed E-state index contributed by atoms with van der Waals surface area (Å²) in [4.78, 5) is 9.77. The Hall–Kier alpha value is -1.07. The van der Waals surface area contributed by atoms with Crippen LogP contribution in [0.4, 0.5) is 11.8 Å². The Bertz CT molecular complexity index is 344. The standard InChI is InChI=1S/C10H17ClN4O/c1-4-15(6-10(2,3)16)8-5-7(11)13-9(12)14-8/h5,16H,4,6H2,1-3H3,(H2,12,13,14). The van der Waals surface area contributed by atoms with Crippen molar-refractivity contribution in [1.29, 1.82) is 0 Å². The topological polar surface area (TPSA) is 75.3 Å². The van der Waals surface area contributed by atoms with Crippen molar-refractivity contribution < 1.29 is 5.11 Å². The molecule has 0 aliphatic carbocycles.